The van der Waals surface area contributed by atoms with Crippen molar-refractivity contribution in [3.05, 3.63) is 11.6 Å². The summed E-state index contributed by atoms with van der Waals surface area (Å²) in [5.74, 6) is 0. The van der Waals surface area contributed by atoms with Crippen molar-refractivity contribution in [2.24, 2.45) is 0 Å². The van der Waals surface area contributed by atoms with E-state index in [0.717, 1.165) is 25.7 Å². The van der Waals surface area contributed by atoms with E-state index in [9.17, 15) is 5.11 Å². The van der Waals surface area contributed by atoms with Crippen LogP contribution in [0.2, 0.25) is 0 Å². The third-order valence-corrected chi connectivity index (χ3v) is 3.15. The van der Waals surface area contributed by atoms with Gasteiger partial charge < -0.3 is 10.4 Å². The largest absolute Gasteiger partial charge is 0.390 e. The summed E-state index contributed by atoms with van der Waals surface area (Å²) >= 11 is 0. The molecule has 0 unspecified atom stereocenters. The fraction of sp³-hybridized carbons (Fsp3) is 0.875. The van der Waals surface area contributed by atoms with E-state index < -0.39 is 5.60 Å². The van der Waals surface area contributed by atoms with Crippen LogP contribution in [0, 0.1) is 0 Å². The van der Waals surface area contributed by atoms with Gasteiger partial charge in [0.25, 0.3) is 0 Å². The van der Waals surface area contributed by atoms with Gasteiger partial charge in [0.15, 0.2) is 0 Å². The molecule has 0 heterocycles. The van der Waals surface area contributed by atoms with Gasteiger partial charge in [0.2, 0.25) is 0 Å². The molecule has 0 aromatic rings. The SMILES string of the molecule is CC(C)=CCC[C@@H](C)N[C@H](C)CCCC(C)(C)O. The lowest BCUT2D eigenvalue weighted by molar-refractivity contribution is 0.0674. The molecular weight excluding hydrogens is 222 g/mol. The minimum absolute atomic E-state index is 0.519. The highest BCUT2D eigenvalue weighted by molar-refractivity contribution is 4.93. The minimum Gasteiger partial charge on any atom is -0.390 e. The van der Waals surface area contributed by atoms with Gasteiger partial charge in [0.1, 0.15) is 0 Å². The first-order valence-electron chi connectivity index (χ1n) is 7.32. The van der Waals surface area contributed by atoms with Gasteiger partial charge in [-0.05, 0) is 73.6 Å². The molecule has 2 nitrogen and oxygen atoms in total. The Kier molecular flexibility index (Phi) is 8.54. The van der Waals surface area contributed by atoms with Gasteiger partial charge >= 0.3 is 0 Å². The summed E-state index contributed by atoms with van der Waals surface area (Å²) in [6.45, 7) is 12.6. The number of rotatable bonds is 9. The van der Waals surface area contributed by atoms with Gasteiger partial charge in [-0.15, -0.1) is 0 Å². The van der Waals surface area contributed by atoms with E-state index in [1.165, 1.54) is 12.0 Å². The van der Waals surface area contributed by atoms with Crippen LogP contribution in [0.3, 0.4) is 0 Å². The van der Waals surface area contributed by atoms with E-state index >= 15 is 0 Å². The molecule has 0 amide bonds. The summed E-state index contributed by atoms with van der Waals surface area (Å²) in [5.41, 5.74) is 0.884. The van der Waals surface area contributed by atoms with Crippen LogP contribution in [0.5, 0.6) is 0 Å². The third-order valence-electron chi connectivity index (χ3n) is 3.15. The second-order valence-corrected chi connectivity index (χ2v) is 6.53. The smallest absolute Gasteiger partial charge is 0.0591 e. The molecule has 0 aromatic heterocycles. The summed E-state index contributed by atoms with van der Waals surface area (Å²) in [5, 5.41) is 13.3. The monoisotopic (exact) mass is 255 g/mol. The fourth-order valence-electron chi connectivity index (χ4n) is 2.12. The summed E-state index contributed by atoms with van der Waals surface area (Å²) in [7, 11) is 0. The molecule has 0 radical (unpaired) electrons. The highest BCUT2D eigenvalue weighted by Gasteiger charge is 2.13. The molecule has 0 saturated heterocycles. The first-order chi connectivity index (χ1) is 8.20. The topological polar surface area (TPSA) is 32.3 Å². The molecule has 108 valence electrons. The Morgan fingerprint density at radius 3 is 2.22 bits per heavy atom. The summed E-state index contributed by atoms with van der Waals surface area (Å²) in [6.07, 6.45) is 7.76. The van der Waals surface area contributed by atoms with Gasteiger partial charge in [-0.25, -0.2) is 0 Å². The van der Waals surface area contributed by atoms with Crippen LogP contribution in [0.4, 0.5) is 0 Å². The highest BCUT2D eigenvalue weighted by Crippen LogP contribution is 2.13. The Hall–Kier alpha value is -0.340. The lowest BCUT2D eigenvalue weighted by Gasteiger charge is -2.22. The fourth-order valence-corrected chi connectivity index (χ4v) is 2.12. The van der Waals surface area contributed by atoms with Crippen molar-refractivity contribution in [1.82, 2.24) is 5.32 Å². The standard InChI is InChI=1S/C16H33NO/c1-13(2)9-7-10-14(3)17-15(4)11-8-12-16(5,6)18/h9,14-15,17-18H,7-8,10-12H2,1-6H3/t14-,15-/m1/s1. The van der Waals surface area contributed by atoms with Gasteiger partial charge in [0.05, 0.1) is 5.60 Å². The van der Waals surface area contributed by atoms with Crippen LogP contribution in [-0.4, -0.2) is 22.8 Å². The first-order valence-corrected chi connectivity index (χ1v) is 7.32. The normalized spacial score (nSPS) is 15.3. The Balaban J connectivity index is 3.67. The van der Waals surface area contributed by atoms with E-state index in [2.05, 4.69) is 39.1 Å². The second kappa shape index (κ2) is 8.71. The van der Waals surface area contributed by atoms with Crippen molar-refractivity contribution in [2.45, 2.75) is 91.3 Å². The first kappa shape index (κ1) is 17.7. The molecule has 0 aromatic carbocycles. The molecule has 18 heavy (non-hydrogen) atoms. The van der Waals surface area contributed by atoms with Crippen molar-refractivity contribution in [3.63, 3.8) is 0 Å². The lowest BCUT2D eigenvalue weighted by Crippen LogP contribution is -2.34. The Morgan fingerprint density at radius 2 is 1.72 bits per heavy atom. The Morgan fingerprint density at radius 1 is 1.17 bits per heavy atom. The summed E-state index contributed by atoms with van der Waals surface area (Å²) in [6, 6.07) is 1.10. The zero-order valence-corrected chi connectivity index (χ0v) is 13.2. The van der Waals surface area contributed by atoms with Crippen LogP contribution in [0.1, 0.15) is 73.6 Å². The molecule has 0 bridgehead atoms. The van der Waals surface area contributed by atoms with Crippen molar-refractivity contribution in [3.8, 4) is 0 Å². The Labute approximate surface area is 114 Å². The van der Waals surface area contributed by atoms with Gasteiger partial charge in [-0.1, -0.05) is 11.6 Å². The number of hydrogen-bond donors (Lipinski definition) is 2. The van der Waals surface area contributed by atoms with Crippen molar-refractivity contribution >= 4 is 0 Å². The highest BCUT2D eigenvalue weighted by atomic mass is 16.3. The van der Waals surface area contributed by atoms with Crippen LogP contribution in [-0.2, 0) is 0 Å². The zero-order chi connectivity index (χ0) is 14.2. The van der Waals surface area contributed by atoms with Gasteiger partial charge in [-0.3, -0.25) is 0 Å². The molecule has 0 spiro atoms. The second-order valence-electron chi connectivity index (χ2n) is 6.53. The van der Waals surface area contributed by atoms with Crippen LogP contribution >= 0.6 is 0 Å². The molecule has 0 aliphatic rings. The molecule has 0 rings (SSSR count). The van der Waals surface area contributed by atoms with E-state index in [-0.39, 0.29) is 0 Å². The summed E-state index contributed by atoms with van der Waals surface area (Å²) in [4.78, 5) is 0. The van der Waals surface area contributed by atoms with Crippen LogP contribution < -0.4 is 5.32 Å². The molecule has 0 fully saturated rings. The maximum atomic E-state index is 9.65. The zero-order valence-electron chi connectivity index (χ0n) is 13.2. The minimum atomic E-state index is -0.519. The maximum absolute atomic E-state index is 9.65. The third kappa shape index (κ3) is 12.1. The molecular formula is C16H33NO. The van der Waals surface area contributed by atoms with Crippen LogP contribution in [0.15, 0.2) is 11.6 Å². The van der Waals surface area contributed by atoms with Gasteiger partial charge in [-0.2, -0.15) is 0 Å². The van der Waals surface area contributed by atoms with Crippen molar-refractivity contribution in [2.75, 3.05) is 0 Å². The van der Waals surface area contributed by atoms with E-state index in [1.54, 1.807) is 0 Å². The predicted octanol–water partition coefficient (Wildman–Crippen LogP) is 4.04. The molecule has 2 heteroatoms. The average molecular weight is 255 g/mol. The Bertz CT molecular complexity index is 236. The molecule has 2 atom stereocenters. The maximum Gasteiger partial charge on any atom is 0.0591 e. The number of allylic oxidation sites excluding steroid dienone is 2. The van der Waals surface area contributed by atoms with Crippen molar-refractivity contribution < 1.29 is 5.11 Å². The number of nitrogens with one attached hydrogen (secondary N) is 1. The predicted molar refractivity (Wildman–Crippen MR) is 80.9 cm³/mol. The molecule has 0 saturated carbocycles. The molecule has 0 aliphatic heterocycles. The summed E-state index contributed by atoms with van der Waals surface area (Å²) < 4.78 is 0. The molecule has 0 aliphatic carbocycles. The van der Waals surface area contributed by atoms with E-state index in [0.29, 0.717) is 12.1 Å². The van der Waals surface area contributed by atoms with E-state index in [1.807, 2.05) is 13.8 Å². The van der Waals surface area contributed by atoms with Crippen LogP contribution in [0.25, 0.3) is 0 Å². The lowest BCUT2D eigenvalue weighted by atomic mass is 9.99. The number of aliphatic hydroxyl groups is 1. The quantitative estimate of drug-likeness (QED) is 0.609. The van der Waals surface area contributed by atoms with E-state index in [4.69, 9.17) is 0 Å². The van der Waals surface area contributed by atoms with Gasteiger partial charge in [0, 0.05) is 12.1 Å². The molecule has 2 N–H and O–H groups in total. The van der Waals surface area contributed by atoms with Crippen molar-refractivity contribution in [1.29, 1.82) is 0 Å². The average Bonchev–Trinajstić information content (AvgIpc) is 2.14. The number of hydrogen-bond acceptors (Lipinski definition) is 2.